The highest BCUT2D eigenvalue weighted by atomic mass is 16.6. The molecule has 0 spiro atoms. The number of hydrogen-bond donors (Lipinski definition) is 0. The number of piperazine rings is 1. The number of amides is 2. The lowest BCUT2D eigenvalue weighted by molar-refractivity contribution is -0.385. The molecule has 1 saturated heterocycles. The number of benzene rings is 2. The Hall–Kier alpha value is -3.74. The van der Waals surface area contributed by atoms with Crippen LogP contribution < -0.4 is 0 Å². The molecule has 154 valence electrons. The minimum Gasteiger partial charge on any atom is -0.326 e. The number of nitro benzene ring substituents is 1. The van der Waals surface area contributed by atoms with E-state index < -0.39 is 10.5 Å². The summed E-state index contributed by atoms with van der Waals surface area (Å²) in [5, 5.41) is 11.5. The van der Waals surface area contributed by atoms with Gasteiger partial charge in [-0.25, -0.2) is 0 Å². The van der Waals surface area contributed by atoms with Gasteiger partial charge in [-0.05, 0) is 24.1 Å². The molecule has 7 nitrogen and oxygen atoms in total. The van der Waals surface area contributed by atoms with Gasteiger partial charge in [-0.2, -0.15) is 0 Å². The molecule has 0 bridgehead atoms. The van der Waals surface area contributed by atoms with E-state index in [4.69, 9.17) is 0 Å². The maximum Gasteiger partial charge on any atom is 0.277 e. The Balaban J connectivity index is 2.07. The van der Waals surface area contributed by atoms with Crippen LogP contribution in [0.25, 0.3) is 12.2 Å². The van der Waals surface area contributed by atoms with Crippen molar-refractivity contribution in [2.45, 2.75) is 18.9 Å². The van der Waals surface area contributed by atoms with Crippen LogP contribution in [0.2, 0.25) is 0 Å². The van der Waals surface area contributed by atoms with Crippen molar-refractivity contribution in [1.29, 1.82) is 0 Å². The van der Waals surface area contributed by atoms with Gasteiger partial charge in [0.25, 0.3) is 17.5 Å². The van der Waals surface area contributed by atoms with Crippen LogP contribution in [0, 0.1) is 10.1 Å². The van der Waals surface area contributed by atoms with E-state index in [2.05, 4.69) is 6.58 Å². The Morgan fingerprint density at radius 3 is 2.37 bits per heavy atom. The number of rotatable bonds is 5. The van der Waals surface area contributed by atoms with Gasteiger partial charge in [0.15, 0.2) is 0 Å². The normalized spacial score (nSPS) is 20.6. The molecular weight excluding hydrogens is 382 g/mol. The third kappa shape index (κ3) is 3.50. The van der Waals surface area contributed by atoms with E-state index in [1.807, 2.05) is 30.3 Å². The van der Waals surface area contributed by atoms with E-state index >= 15 is 0 Å². The van der Waals surface area contributed by atoms with Gasteiger partial charge in [0.05, 0.1) is 10.5 Å². The lowest BCUT2D eigenvalue weighted by Gasteiger charge is -2.45. The minimum absolute atomic E-state index is 0.0745. The molecule has 0 aliphatic carbocycles. The third-order valence-electron chi connectivity index (χ3n) is 5.60. The van der Waals surface area contributed by atoms with Crippen LogP contribution in [0.3, 0.4) is 0 Å². The number of likely N-dealkylation sites (N-methyl/N-ethyl adjacent to an activating group) is 2. The second-order valence-corrected chi connectivity index (χ2v) is 7.44. The van der Waals surface area contributed by atoms with Crippen molar-refractivity contribution in [3.63, 3.8) is 0 Å². The maximum absolute atomic E-state index is 13.3. The average molecular weight is 405 g/mol. The van der Waals surface area contributed by atoms with Crippen LogP contribution in [0.4, 0.5) is 5.69 Å². The van der Waals surface area contributed by atoms with E-state index in [1.165, 1.54) is 35.1 Å². The molecular formula is C23H23N3O4. The zero-order valence-electron chi connectivity index (χ0n) is 17.2. The number of nitro groups is 1. The van der Waals surface area contributed by atoms with Crippen LogP contribution >= 0.6 is 0 Å². The predicted molar refractivity (Wildman–Crippen MR) is 115 cm³/mol. The first-order valence-electron chi connectivity index (χ1n) is 9.42. The second-order valence-electron chi connectivity index (χ2n) is 7.44. The van der Waals surface area contributed by atoms with Crippen molar-refractivity contribution in [1.82, 2.24) is 9.80 Å². The Kier molecular flexibility index (Phi) is 5.56. The van der Waals surface area contributed by atoms with Crippen LogP contribution in [-0.4, -0.2) is 46.2 Å². The van der Waals surface area contributed by atoms with Gasteiger partial charge in [-0.15, -0.1) is 0 Å². The molecule has 30 heavy (non-hydrogen) atoms. The second kappa shape index (κ2) is 7.94. The molecule has 0 aromatic heterocycles. The van der Waals surface area contributed by atoms with Gasteiger partial charge in [-0.3, -0.25) is 19.7 Å². The van der Waals surface area contributed by atoms with E-state index in [0.29, 0.717) is 12.0 Å². The highest BCUT2D eigenvalue weighted by Crippen LogP contribution is 2.33. The van der Waals surface area contributed by atoms with Crippen molar-refractivity contribution < 1.29 is 14.5 Å². The maximum atomic E-state index is 13.3. The molecule has 0 saturated carbocycles. The summed E-state index contributed by atoms with van der Waals surface area (Å²) in [5.41, 5.74) is 0.515. The van der Waals surface area contributed by atoms with Crippen LogP contribution in [0.5, 0.6) is 0 Å². The van der Waals surface area contributed by atoms with Gasteiger partial charge in [-0.1, -0.05) is 55.1 Å². The summed E-state index contributed by atoms with van der Waals surface area (Å²) < 4.78 is 0. The summed E-state index contributed by atoms with van der Waals surface area (Å²) in [4.78, 5) is 40.2. The number of hydrogen-bond acceptors (Lipinski definition) is 4. The zero-order valence-corrected chi connectivity index (χ0v) is 17.2. The Morgan fingerprint density at radius 1 is 1.10 bits per heavy atom. The van der Waals surface area contributed by atoms with E-state index in [9.17, 15) is 19.7 Å². The van der Waals surface area contributed by atoms with Crippen molar-refractivity contribution >= 4 is 29.7 Å². The van der Waals surface area contributed by atoms with Gasteiger partial charge in [0.1, 0.15) is 11.2 Å². The van der Waals surface area contributed by atoms with Crippen LogP contribution in [0.15, 0.2) is 60.8 Å². The number of nitrogens with zero attached hydrogens (tertiary/aromatic N) is 3. The smallest absolute Gasteiger partial charge is 0.277 e. The van der Waals surface area contributed by atoms with Crippen LogP contribution in [0.1, 0.15) is 23.6 Å². The quantitative estimate of drug-likeness (QED) is 0.433. The zero-order chi connectivity index (χ0) is 22.1. The number of carbonyl (C=O) groups excluding carboxylic acids is 2. The largest absolute Gasteiger partial charge is 0.326 e. The summed E-state index contributed by atoms with van der Waals surface area (Å²) in [7, 11) is 3.10. The molecule has 3 rings (SSSR count). The molecule has 7 heteroatoms. The summed E-state index contributed by atoms with van der Waals surface area (Å²) in [6.07, 6.45) is 3.24. The summed E-state index contributed by atoms with van der Waals surface area (Å²) in [6, 6.07) is 14.1. The first-order chi connectivity index (χ1) is 14.2. The van der Waals surface area contributed by atoms with Crippen molar-refractivity contribution in [3.8, 4) is 0 Å². The first-order valence-corrected chi connectivity index (χ1v) is 9.42. The lowest BCUT2D eigenvalue weighted by Crippen LogP contribution is -2.64. The SMILES string of the molecule is C=Cc1cccc([N+](=O)[O-])c1/C=C1\C(=O)N(C)C(C)(Cc2ccccc2)C(=O)N1C. The van der Waals surface area contributed by atoms with E-state index in [1.54, 1.807) is 26.1 Å². The monoisotopic (exact) mass is 405 g/mol. The van der Waals surface area contributed by atoms with E-state index in [0.717, 1.165) is 5.56 Å². The molecule has 1 aliphatic rings. The highest BCUT2D eigenvalue weighted by molar-refractivity contribution is 6.09. The molecule has 1 unspecified atom stereocenters. The highest BCUT2D eigenvalue weighted by Gasteiger charge is 2.48. The Labute approximate surface area is 175 Å². The molecule has 1 aliphatic heterocycles. The number of carbonyl (C=O) groups is 2. The predicted octanol–water partition coefficient (Wildman–Crippen LogP) is 3.51. The van der Waals surface area contributed by atoms with Gasteiger partial charge in [0, 0.05) is 26.6 Å². The van der Waals surface area contributed by atoms with Crippen molar-refractivity contribution in [2.75, 3.05) is 14.1 Å². The van der Waals surface area contributed by atoms with E-state index in [-0.39, 0.29) is 28.8 Å². The summed E-state index contributed by atoms with van der Waals surface area (Å²) in [5.74, 6) is -0.651. The Bertz CT molecular complexity index is 1060. The van der Waals surface area contributed by atoms with Gasteiger partial charge < -0.3 is 9.80 Å². The average Bonchev–Trinajstić information content (AvgIpc) is 2.74. The van der Waals surface area contributed by atoms with Crippen molar-refractivity contribution in [2.24, 2.45) is 0 Å². The van der Waals surface area contributed by atoms with Gasteiger partial charge in [0.2, 0.25) is 0 Å². The fraction of sp³-hybridized carbons (Fsp3) is 0.217. The molecule has 1 heterocycles. The molecule has 2 aromatic rings. The fourth-order valence-corrected chi connectivity index (χ4v) is 3.70. The molecule has 2 amide bonds. The molecule has 0 N–H and O–H groups in total. The summed E-state index contributed by atoms with van der Waals surface area (Å²) >= 11 is 0. The third-order valence-corrected chi connectivity index (χ3v) is 5.60. The first kappa shape index (κ1) is 21.0. The minimum atomic E-state index is -1.07. The molecule has 1 fully saturated rings. The molecule has 0 radical (unpaired) electrons. The topological polar surface area (TPSA) is 83.8 Å². The summed E-state index contributed by atoms with van der Waals surface area (Å²) in [6.45, 7) is 5.43. The standard InChI is InChI=1S/C23H23N3O4/c1-5-17-12-9-13-19(26(29)30)18(17)14-20-21(27)25(4)23(2,22(28)24(20)3)15-16-10-7-6-8-11-16/h5-14H,1,15H2,2-4H3/b20-14+. The Morgan fingerprint density at radius 2 is 1.77 bits per heavy atom. The van der Waals surface area contributed by atoms with Gasteiger partial charge >= 0.3 is 0 Å². The molecule has 1 atom stereocenters. The van der Waals surface area contributed by atoms with Crippen LogP contribution in [-0.2, 0) is 16.0 Å². The fourth-order valence-electron chi connectivity index (χ4n) is 3.70. The lowest BCUT2D eigenvalue weighted by atomic mass is 9.87. The molecule has 2 aromatic carbocycles. The van der Waals surface area contributed by atoms with Crippen molar-refractivity contribution in [3.05, 3.63) is 87.6 Å².